The molecular weight excluding hydrogens is 515 g/mol. The van der Waals surface area contributed by atoms with E-state index < -0.39 is 41.2 Å². The van der Waals surface area contributed by atoms with Crippen LogP contribution in [-0.4, -0.2) is 44.9 Å². The van der Waals surface area contributed by atoms with Crippen LogP contribution >= 0.6 is 22.9 Å². The first-order chi connectivity index (χ1) is 17.3. The zero-order chi connectivity index (χ0) is 25.4. The third-order valence-electron chi connectivity index (χ3n) is 6.79. The van der Waals surface area contributed by atoms with Gasteiger partial charge in [0.2, 0.25) is 5.91 Å². The number of anilines is 1. The summed E-state index contributed by atoms with van der Waals surface area (Å²) in [6, 6.07) is 5.30. The number of carbonyl (C=O) groups excluding carboxylic acids is 2. The van der Waals surface area contributed by atoms with Crippen LogP contribution in [-0.2, 0) is 9.59 Å². The van der Waals surface area contributed by atoms with Crippen molar-refractivity contribution in [1.29, 1.82) is 0 Å². The highest BCUT2D eigenvalue weighted by Gasteiger charge is 2.71. The molecule has 0 aliphatic heterocycles. The van der Waals surface area contributed by atoms with Crippen molar-refractivity contribution in [3.05, 3.63) is 60.3 Å². The largest absolute Gasteiger partial charge is 0.354 e. The number of rotatable bonds is 8. The first-order valence-corrected chi connectivity index (χ1v) is 12.6. The third-order valence-corrected chi connectivity index (χ3v) is 7.80. The first-order valence-electron chi connectivity index (χ1n) is 11.3. The van der Waals surface area contributed by atoms with E-state index in [4.69, 9.17) is 11.6 Å². The fourth-order valence-electron chi connectivity index (χ4n) is 4.95. The van der Waals surface area contributed by atoms with E-state index in [-0.39, 0.29) is 23.7 Å². The van der Waals surface area contributed by atoms with Crippen molar-refractivity contribution >= 4 is 40.4 Å². The lowest BCUT2D eigenvalue weighted by atomic mass is 10.0. The molecule has 2 heterocycles. The maximum atomic E-state index is 14.2. The quantitative estimate of drug-likeness (QED) is 0.425. The normalized spacial score (nSPS) is 23.4. The van der Waals surface area contributed by atoms with Gasteiger partial charge >= 0.3 is 0 Å². The molecule has 188 valence electrons. The summed E-state index contributed by atoms with van der Waals surface area (Å²) in [6.45, 7) is 0.165. The van der Waals surface area contributed by atoms with Crippen molar-refractivity contribution in [3.63, 3.8) is 0 Å². The van der Waals surface area contributed by atoms with Crippen LogP contribution in [0.2, 0.25) is 0 Å². The molecule has 4 unspecified atom stereocenters. The second-order valence-corrected chi connectivity index (χ2v) is 10.2. The monoisotopic (exact) mass is 535 g/mol. The summed E-state index contributed by atoms with van der Waals surface area (Å²) in [7, 11) is 0. The topological polar surface area (TPSA) is 88.1 Å². The van der Waals surface area contributed by atoms with Gasteiger partial charge in [-0.15, -0.1) is 11.3 Å². The van der Waals surface area contributed by atoms with Crippen molar-refractivity contribution in [1.82, 2.24) is 20.3 Å². The Hall–Kier alpha value is -3.05. The average molecular weight is 536 g/mol. The van der Waals surface area contributed by atoms with E-state index in [2.05, 4.69) is 20.3 Å². The zero-order valence-corrected chi connectivity index (χ0v) is 20.3. The molecular formula is C24H21ClF3N5O2S. The zero-order valence-electron chi connectivity index (χ0n) is 18.7. The van der Waals surface area contributed by atoms with Gasteiger partial charge in [-0.05, 0) is 36.5 Å². The number of alkyl halides is 4. The molecule has 2 saturated carbocycles. The van der Waals surface area contributed by atoms with Gasteiger partial charge in [0, 0.05) is 48.2 Å². The van der Waals surface area contributed by atoms with Crippen molar-refractivity contribution in [2.24, 2.45) is 17.8 Å². The van der Waals surface area contributed by atoms with Crippen LogP contribution in [0.25, 0.3) is 10.4 Å². The Morgan fingerprint density at radius 3 is 2.36 bits per heavy atom. The number of aromatic nitrogens is 3. The molecule has 5 rings (SSSR count). The van der Waals surface area contributed by atoms with Crippen molar-refractivity contribution < 1.29 is 22.8 Å². The predicted molar refractivity (Wildman–Crippen MR) is 128 cm³/mol. The van der Waals surface area contributed by atoms with Crippen LogP contribution in [0.3, 0.4) is 0 Å². The molecule has 2 amide bonds. The number of carbonyl (C=O) groups is 2. The second-order valence-electron chi connectivity index (χ2n) is 8.97. The van der Waals surface area contributed by atoms with Gasteiger partial charge < -0.3 is 5.32 Å². The lowest BCUT2D eigenvalue weighted by Gasteiger charge is -2.31. The number of hydrogen-bond donors (Lipinski definition) is 1. The van der Waals surface area contributed by atoms with Crippen LogP contribution in [0, 0.1) is 17.8 Å². The Balaban J connectivity index is 1.42. The molecule has 2 fully saturated rings. The fraction of sp³-hybridized carbons (Fsp3) is 0.375. The second kappa shape index (κ2) is 9.78. The number of halogens is 4. The number of hydrogen-bond acceptors (Lipinski definition) is 6. The molecule has 36 heavy (non-hydrogen) atoms. The van der Waals surface area contributed by atoms with E-state index >= 15 is 0 Å². The molecule has 7 nitrogen and oxygen atoms in total. The van der Waals surface area contributed by atoms with Gasteiger partial charge in [0.25, 0.3) is 17.5 Å². The van der Waals surface area contributed by atoms with E-state index in [0.717, 1.165) is 15.3 Å². The number of benzene rings is 1. The summed E-state index contributed by atoms with van der Waals surface area (Å²) in [6.07, 6.45) is 6.32. The number of thiazole rings is 1. The summed E-state index contributed by atoms with van der Waals surface area (Å²) in [5.74, 6) is -5.70. The summed E-state index contributed by atoms with van der Waals surface area (Å²) >= 11 is 6.98. The minimum Gasteiger partial charge on any atom is -0.354 e. The Bertz CT molecular complexity index is 1220. The minimum absolute atomic E-state index is 0.0963. The van der Waals surface area contributed by atoms with Crippen LogP contribution in [0.15, 0.2) is 54.7 Å². The molecule has 0 bridgehead atoms. The number of fused-ring (bicyclic) bond motifs is 1. The average Bonchev–Trinajstić information content (AvgIpc) is 3.36. The lowest BCUT2D eigenvalue weighted by molar-refractivity contribution is -0.127. The van der Waals surface area contributed by atoms with E-state index in [9.17, 15) is 22.8 Å². The maximum absolute atomic E-state index is 14.2. The Morgan fingerprint density at radius 1 is 1.11 bits per heavy atom. The van der Waals surface area contributed by atoms with Crippen LogP contribution < -0.4 is 10.2 Å². The molecule has 0 saturated heterocycles. The minimum atomic E-state index is -2.60. The highest BCUT2D eigenvalue weighted by Crippen LogP contribution is 2.65. The van der Waals surface area contributed by atoms with Crippen LogP contribution in [0.5, 0.6) is 0 Å². The molecule has 1 aromatic carbocycles. The van der Waals surface area contributed by atoms with E-state index in [1.54, 1.807) is 36.0 Å². The lowest BCUT2D eigenvalue weighted by Crippen LogP contribution is -2.47. The van der Waals surface area contributed by atoms with Gasteiger partial charge in [-0.3, -0.25) is 19.5 Å². The van der Waals surface area contributed by atoms with Gasteiger partial charge in [-0.1, -0.05) is 23.7 Å². The molecule has 2 aromatic heterocycles. The van der Waals surface area contributed by atoms with E-state index in [1.165, 1.54) is 30.1 Å². The predicted octanol–water partition coefficient (Wildman–Crippen LogP) is 4.62. The van der Waals surface area contributed by atoms with Crippen molar-refractivity contribution in [2.45, 2.75) is 30.4 Å². The molecule has 4 atom stereocenters. The summed E-state index contributed by atoms with van der Waals surface area (Å²) in [5, 5.41) is 2.76. The van der Waals surface area contributed by atoms with Gasteiger partial charge in [-0.2, -0.15) is 0 Å². The molecule has 1 N–H and O–H groups in total. The highest BCUT2D eigenvalue weighted by atomic mass is 35.5. The number of nitrogens with zero attached hydrogens (tertiary/aromatic N) is 4. The third kappa shape index (κ3) is 4.69. The van der Waals surface area contributed by atoms with Gasteiger partial charge in [0.05, 0.1) is 10.4 Å². The number of nitrogens with one attached hydrogen (secondary N) is 1. The Labute approximate surface area is 213 Å². The smallest absolute Gasteiger partial charge is 0.278 e. The summed E-state index contributed by atoms with van der Waals surface area (Å²) in [4.78, 5) is 40.2. The highest BCUT2D eigenvalue weighted by molar-refractivity contribution is 7.13. The van der Waals surface area contributed by atoms with Gasteiger partial charge in [0.15, 0.2) is 0 Å². The molecule has 2 aliphatic rings. The van der Waals surface area contributed by atoms with Crippen molar-refractivity contribution in [2.75, 3.05) is 11.4 Å². The van der Waals surface area contributed by atoms with E-state index in [0.29, 0.717) is 12.8 Å². The van der Waals surface area contributed by atoms with Crippen LogP contribution in [0.4, 0.5) is 18.9 Å². The van der Waals surface area contributed by atoms with E-state index in [1.807, 2.05) is 0 Å². The molecule has 0 radical (unpaired) electrons. The summed E-state index contributed by atoms with van der Waals surface area (Å²) < 4.78 is 41.2. The SMILES string of the molecule is O=C(NCC1CC2C(C1)C2(F)F)C(c1cncnc1)N(C(=O)C(F)Cl)c1ccc(-c2cncs2)cc1. The standard InChI is InChI=1S/C24H21ClF3N5O2S/c25-21(26)23(35)33(16-3-1-14(2-4-16)19-10-31-12-36-19)20(15-8-29-11-30-9-15)22(34)32-7-13-5-17-18(6-13)24(17,27)28/h1-4,8-13,17-18,20-21H,5-7H2,(H,32,34). The van der Waals surface area contributed by atoms with Crippen LogP contribution in [0.1, 0.15) is 24.4 Å². The van der Waals surface area contributed by atoms with Gasteiger partial charge in [-0.25, -0.2) is 23.1 Å². The molecule has 2 aliphatic carbocycles. The maximum Gasteiger partial charge on any atom is 0.278 e. The van der Waals surface area contributed by atoms with Crippen molar-refractivity contribution in [3.8, 4) is 10.4 Å². The Morgan fingerprint density at radius 2 is 1.78 bits per heavy atom. The molecule has 0 spiro atoms. The number of amides is 2. The summed E-state index contributed by atoms with van der Waals surface area (Å²) in [5.41, 5.74) is 0.591. The van der Waals surface area contributed by atoms with Gasteiger partial charge in [0.1, 0.15) is 12.4 Å². The molecule has 12 heteroatoms. The fourth-order valence-corrected chi connectivity index (χ4v) is 5.68. The Kier molecular flexibility index (Phi) is 6.69. The molecule has 3 aromatic rings. The first kappa shape index (κ1) is 24.6.